The van der Waals surface area contributed by atoms with Gasteiger partial charge in [-0.2, -0.15) is 0 Å². The van der Waals surface area contributed by atoms with Crippen LogP contribution in [0.15, 0.2) is 18.6 Å². The number of ether oxygens (including phenoxy) is 1. The van der Waals surface area contributed by atoms with E-state index in [4.69, 9.17) is 4.74 Å². The molecule has 2 aromatic heterocycles. The Morgan fingerprint density at radius 1 is 1.47 bits per heavy atom. The van der Waals surface area contributed by atoms with E-state index < -0.39 is 0 Å². The first-order valence-electron chi connectivity index (χ1n) is 6.55. The fraction of sp³-hybridized carbons (Fsp3) is 0.538. The molecule has 2 aromatic rings. The molecule has 2 heterocycles. The smallest absolute Gasteiger partial charge is 0.180 e. The fourth-order valence-corrected chi connectivity index (χ4v) is 2.09. The molecule has 0 aliphatic rings. The average molecular weight is 263 g/mol. The lowest BCUT2D eigenvalue weighted by Gasteiger charge is -2.18. The van der Waals surface area contributed by atoms with Crippen LogP contribution >= 0.6 is 0 Å². The molecule has 19 heavy (non-hydrogen) atoms. The van der Waals surface area contributed by atoms with Gasteiger partial charge in [-0.15, -0.1) is 0 Å². The second kappa shape index (κ2) is 6.38. The van der Waals surface area contributed by atoms with Gasteiger partial charge >= 0.3 is 0 Å². The van der Waals surface area contributed by atoms with E-state index in [1.807, 2.05) is 23.8 Å². The lowest BCUT2D eigenvalue weighted by atomic mass is 10.2. The van der Waals surface area contributed by atoms with Crippen LogP contribution in [0.2, 0.25) is 0 Å². The quantitative estimate of drug-likeness (QED) is 0.800. The first kappa shape index (κ1) is 13.6. The topological polar surface area (TPSA) is 63.5 Å². The fourth-order valence-electron chi connectivity index (χ4n) is 2.09. The minimum atomic E-state index is 0.245. The van der Waals surface area contributed by atoms with Gasteiger partial charge in [0.15, 0.2) is 11.5 Å². The van der Waals surface area contributed by atoms with Crippen LogP contribution in [-0.4, -0.2) is 41.2 Å². The Morgan fingerprint density at radius 3 is 3.00 bits per heavy atom. The SMILES string of the molecule is CCCC(COC)Nc1nc(NC)cn2ccnc12. The maximum absolute atomic E-state index is 5.25. The summed E-state index contributed by atoms with van der Waals surface area (Å²) >= 11 is 0. The van der Waals surface area contributed by atoms with Gasteiger partial charge in [0.05, 0.1) is 18.8 Å². The van der Waals surface area contributed by atoms with Crippen LogP contribution in [0.5, 0.6) is 0 Å². The Bertz CT molecular complexity index is 519. The van der Waals surface area contributed by atoms with Crippen molar-refractivity contribution in [2.45, 2.75) is 25.8 Å². The summed E-state index contributed by atoms with van der Waals surface area (Å²) < 4.78 is 7.20. The number of rotatable bonds is 7. The first-order valence-corrected chi connectivity index (χ1v) is 6.55. The van der Waals surface area contributed by atoms with E-state index in [9.17, 15) is 0 Å². The molecule has 1 atom stereocenters. The molecule has 104 valence electrons. The van der Waals surface area contributed by atoms with Crippen molar-refractivity contribution in [1.29, 1.82) is 0 Å². The largest absolute Gasteiger partial charge is 0.383 e. The molecule has 0 saturated heterocycles. The summed E-state index contributed by atoms with van der Waals surface area (Å²) in [7, 11) is 3.57. The monoisotopic (exact) mass is 263 g/mol. The molecule has 0 fully saturated rings. The van der Waals surface area contributed by atoms with Crippen molar-refractivity contribution in [1.82, 2.24) is 14.4 Å². The van der Waals surface area contributed by atoms with Gasteiger partial charge in [0, 0.05) is 26.6 Å². The molecule has 0 bridgehead atoms. The van der Waals surface area contributed by atoms with Crippen LogP contribution < -0.4 is 10.6 Å². The molecule has 1 unspecified atom stereocenters. The number of nitrogens with one attached hydrogen (secondary N) is 2. The van der Waals surface area contributed by atoms with E-state index in [0.717, 1.165) is 30.1 Å². The predicted octanol–water partition coefficient (Wildman–Crippen LogP) is 2.00. The van der Waals surface area contributed by atoms with Crippen LogP contribution in [0.1, 0.15) is 19.8 Å². The molecule has 0 amide bonds. The zero-order chi connectivity index (χ0) is 13.7. The van der Waals surface area contributed by atoms with Crippen molar-refractivity contribution in [2.24, 2.45) is 0 Å². The van der Waals surface area contributed by atoms with Crippen molar-refractivity contribution in [3.63, 3.8) is 0 Å². The second-order valence-electron chi connectivity index (χ2n) is 4.47. The number of hydrogen-bond acceptors (Lipinski definition) is 5. The van der Waals surface area contributed by atoms with E-state index in [2.05, 4.69) is 27.5 Å². The summed E-state index contributed by atoms with van der Waals surface area (Å²) in [5.74, 6) is 1.59. The van der Waals surface area contributed by atoms with Gasteiger partial charge in [-0.3, -0.25) is 0 Å². The van der Waals surface area contributed by atoms with Crippen LogP contribution in [0.3, 0.4) is 0 Å². The summed E-state index contributed by atoms with van der Waals surface area (Å²) in [4.78, 5) is 8.87. The Balaban J connectivity index is 2.28. The van der Waals surface area contributed by atoms with Gasteiger partial charge in [0.2, 0.25) is 0 Å². The molecule has 0 saturated carbocycles. The third-order valence-corrected chi connectivity index (χ3v) is 2.98. The zero-order valence-corrected chi connectivity index (χ0v) is 11.7. The molecule has 0 spiro atoms. The minimum Gasteiger partial charge on any atom is -0.383 e. The number of fused-ring (bicyclic) bond motifs is 1. The Hall–Kier alpha value is -1.82. The number of anilines is 2. The van der Waals surface area contributed by atoms with Crippen molar-refractivity contribution >= 4 is 17.3 Å². The molecule has 2 N–H and O–H groups in total. The van der Waals surface area contributed by atoms with Gasteiger partial charge in [0.1, 0.15) is 5.82 Å². The summed E-state index contributed by atoms with van der Waals surface area (Å²) in [5, 5.41) is 6.48. The van der Waals surface area contributed by atoms with Gasteiger partial charge < -0.3 is 19.8 Å². The zero-order valence-electron chi connectivity index (χ0n) is 11.7. The van der Waals surface area contributed by atoms with E-state index in [1.54, 1.807) is 13.3 Å². The molecule has 6 heteroatoms. The molecule has 0 aliphatic heterocycles. The Morgan fingerprint density at radius 2 is 2.32 bits per heavy atom. The maximum atomic E-state index is 5.25. The normalized spacial score (nSPS) is 12.6. The van der Waals surface area contributed by atoms with Gasteiger partial charge in [0.25, 0.3) is 0 Å². The van der Waals surface area contributed by atoms with Gasteiger partial charge in [-0.05, 0) is 6.42 Å². The number of imidazole rings is 1. The van der Waals surface area contributed by atoms with Crippen molar-refractivity contribution in [2.75, 3.05) is 31.4 Å². The van der Waals surface area contributed by atoms with Crippen LogP contribution in [0, 0.1) is 0 Å². The predicted molar refractivity (Wildman–Crippen MR) is 76.7 cm³/mol. The summed E-state index contributed by atoms with van der Waals surface area (Å²) in [5.41, 5.74) is 0.830. The van der Waals surface area contributed by atoms with E-state index in [-0.39, 0.29) is 6.04 Å². The van der Waals surface area contributed by atoms with E-state index in [0.29, 0.717) is 6.61 Å². The highest BCUT2D eigenvalue weighted by atomic mass is 16.5. The summed E-state index contributed by atoms with van der Waals surface area (Å²) in [6.45, 7) is 2.82. The number of hydrogen-bond donors (Lipinski definition) is 2. The molecular weight excluding hydrogens is 242 g/mol. The Labute approximate surface area is 113 Å². The van der Waals surface area contributed by atoms with Crippen LogP contribution in [-0.2, 0) is 4.74 Å². The number of aromatic nitrogens is 3. The second-order valence-corrected chi connectivity index (χ2v) is 4.47. The summed E-state index contributed by atoms with van der Waals surface area (Å²) in [6.07, 6.45) is 7.73. The molecule has 0 aliphatic carbocycles. The van der Waals surface area contributed by atoms with E-state index in [1.165, 1.54) is 0 Å². The molecule has 0 radical (unpaired) electrons. The third kappa shape index (κ3) is 3.14. The lowest BCUT2D eigenvalue weighted by molar-refractivity contribution is 0.182. The van der Waals surface area contributed by atoms with Gasteiger partial charge in [-0.25, -0.2) is 9.97 Å². The molecule has 2 rings (SSSR count). The van der Waals surface area contributed by atoms with E-state index >= 15 is 0 Å². The first-order chi connectivity index (χ1) is 9.28. The van der Waals surface area contributed by atoms with Crippen molar-refractivity contribution < 1.29 is 4.74 Å². The van der Waals surface area contributed by atoms with Crippen molar-refractivity contribution in [3.05, 3.63) is 18.6 Å². The molecular formula is C13H21N5O. The highest BCUT2D eigenvalue weighted by molar-refractivity contribution is 5.65. The highest BCUT2D eigenvalue weighted by Gasteiger charge is 2.12. The number of nitrogens with zero attached hydrogens (tertiary/aromatic N) is 3. The average Bonchev–Trinajstić information content (AvgIpc) is 2.87. The number of methoxy groups -OCH3 is 1. The van der Waals surface area contributed by atoms with Crippen LogP contribution in [0.25, 0.3) is 5.65 Å². The van der Waals surface area contributed by atoms with Crippen molar-refractivity contribution in [3.8, 4) is 0 Å². The standard InChI is InChI=1S/C13H21N5O/c1-4-5-10(9-19-3)16-12-13-15-6-7-18(13)8-11(14-2)17-12/h6-8,10,14H,4-5,9H2,1-3H3,(H,16,17). The third-order valence-electron chi connectivity index (χ3n) is 2.98. The summed E-state index contributed by atoms with van der Waals surface area (Å²) in [6, 6.07) is 0.245. The molecule has 0 aromatic carbocycles. The Kier molecular flexibility index (Phi) is 4.57. The molecule has 6 nitrogen and oxygen atoms in total. The van der Waals surface area contributed by atoms with Gasteiger partial charge in [-0.1, -0.05) is 13.3 Å². The maximum Gasteiger partial charge on any atom is 0.180 e. The lowest BCUT2D eigenvalue weighted by Crippen LogP contribution is -2.25. The highest BCUT2D eigenvalue weighted by Crippen LogP contribution is 2.18. The van der Waals surface area contributed by atoms with Crippen LogP contribution in [0.4, 0.5) is 11.6 Å². The minimum absolute atomic E-state index is 0.245.